The van der Waals surface area contributed by atoms with Crippen LogP contribution in [0.2, 0.25) is 0 Å². The molecule has 0 amide bonds. The van der Waals surface area contributed by atoms with E-state index in [-0.39, 0.29) is 5.41 Å². The minimum Gasteiger partial charge on any atom is -0.197 e. The molecule has 0 aliphatic rings. The minimum absolute atomic E-state index is 0.273. The Morgan fingerprint density at radius 3 is 2.73 bits per heavy atom. The lowest BCUT2D eigenvalue weighted by atomic mass is 9.71. The number of nitrogens with zero attached hydrogens (tertiary/aromatic N) is 1. The lowest BCUT2D eigenvalue weighted by molar-refractivity contribution is 0.368. The molecule has 0 aliphatic carbocycles. The molecule has 0 radical (unpaired) electrons. The van der Waals surface area contributed by atoms with E-state index in [4.69, 9.17) is 0 Å². The largest absolute Gasteiger partial charge is 0.197 e. The molecular weight excluding hydrogens is 317 g/mol. The van der Waals surface area contributed by atoms with Gasteiger partial charge in [0.25, 0.3) is 0 Å². The van der Waals surface area contributed by atoms with E-state index < -0.39 is 0 Å². The molecule has 15 heavy (non-hydrogen) atoms. The Morgan fingerprint density at radius 2 is 2.33 bits per heavy atom. The van der Waals surface area contributed by atoms with Crippen molar-refractivity contribution in [3.8, 4) is 6.07 Å². The molecule has 1 rings (SSSR count). The number of hydrogen-bond acceptors (Lipinski definition) is 2. The second-order valence-corrected chi connectivity index (χ2v) is 5.90. The van der Waals surface area contributed by atoms with E-state index in [9.17, 15) is 5.26 Å². The van der Waals surface area contributed by atoms with Crippen LogP contribution in [0.4, 0.5) is 0 Å². The van der Waals surface area contributed by atoms with E-state index in [0.29, 0.717) is 5.92 Å². The Balaban J connectivity index is 3.00. The summed E-state index contributed by atoms with van der Waals surface area (Å²) in [5.74, 6) is 0.375. The first-order valence-electron chi connectivity index (χ1n) is 5.17. The Hall–Kier alpha value is -0.0800. The van der Waals surface area contributed by atoms with Crippen molar-refractivity contribution in [2.75, 3.05) is 4.43 Å². The molecule has 1 atom stereocenters. The summed E-state index contributed by atoms with van der Waals surface area (Å²) >= 11 is 4.06. The third-order valence-electron chi connectivity index (χ3n) is 2.93. The molecule has 0 bridgehead atoms. The second-order valence-electron chi connectivity index (χ2n) is 4.04. The summed E-state index contributed by atoms with van der Waals surface area (Å²) in [4.78, 5) is 0. The molecule has 0 saturated carbocycles. The van der Waals surface area contributed by atoms with Gasteiger partial charge in [-0.2, -0.15) is 16.6 Å². The molecule has 0 spiro atoms. The van der Waals surface area contributed by atoms with Gasteiger partial charge in [0.05, 0.1) is 11.5 Å². The molecule has 82 valence electrons. The summed E-state index contributed by atoms with van der Waals surface area (Å²) in [5.41, 5.74) is 0.931. The highest BCUT2D eigenvalue weighted by atomic mass is 127. The lowest BCUT2D eigenvalue weighted by Crippen LogP contribution is -2.30. The normalized spacial score (nSPS) is 14.9. The smallest absolute Gasteiger partial charge is 0.0853 e. The van der Waals surface area contributed by atoms with E-state index in [0.717, 1.165) is 17.3 Å². The van der Waals surface area contributed by atoms with Crippen LogP contribution in [0, 0.1) is 17.2 Å². The average molecular weight is 333 g/mol. The number of hydrogen-bond donors (Lipinski definition) is 0. The summed E-state index contributed by atoms with van der Waals surface area (Å²) in [6.45, 7) is 4.29. The fourth-order valence-electron chi connectivity index (χ4n) is 1.88. The molecule has 1 aromatic heterocycles. The maximum absolute atomic E-state index is 9.50. The number of alkyl halides is 1. The molecule has 1 aromatic rings. The first-order chi connectivity index (χ1) is 7.17. The number of rotatable bonds is 5. The first-order valence-corrected chi connectivity index (χ1v) is 7.64. The molecule has 1 unspecified atom stereocenters. The van der Waals surface area contributed by atoms with Crippen molar-refractivity contribution in [1.29, 1.82) is 5.26 Å². The highest BCUT2D eigenvalue weighted by Gasteiger charge is 2.35. The third kappa shape index (κ3) is 2.73. The van der Waals surface area contributed by atoms with Gasteiger partial charge >= 0.3 is 0 Å². The minimum atomic E-state index is -0.273. The SMILES string of the molecule is CC(C)C(C#N)(CCCI)c1ccsc1. The van der Waals surface area contributed by atoms with Crippen molar-refractivity contribution >= 4 is 33.9 Å². The molecule has 0 fully saturated rings. The van der Waals surface area contributed by atoms with Crippen molar-refractivity contribution in [3.05, 3.63) is 22.4 Å². The van der Waals surface area contributed by atoms with Gasteiger partial charge in [-0.3, -0.25) is 0 Å². The third-order valence-corrected chi connectivity index (χ3v) is 4.37. The van der Waals surface area contributed by atoms with Crippen LogP contribution in [-0.4, -0.2) is 4.43 Å². The fraction of sp³-hybridized carbons (Fsp3) is 0.583. The number of halogens is 1. The van der Waals surface area contributed by atoms with Crippen LogP contribution in [0.5, 0.6) is 0 Å². The predicted molar refractivity (Wildman–Crippen MR) is 74.6 cm³/mol. The zero-order valence-electron chi connectivity index (χ0n) is 9.16. The van der Waals surface area contributed by atoms with Crippen molar-refractivity contribution in [2.45, 2.75) is 32.1 Å². The maximum Gasteiger partial charge on any atom is 0.0853 e. The Bertz CT molecular complexity index is 326. The van der Waals surface area contributed by atoms with E-state index in [2.05, 4.69) is 59.3 Å². The van der Waals surface area contributed by atoms with Crippen LogP contribution in [0.25, 0.3) is 0 Å². The van der Waals surface area contributed by atoms with Crippen LogP contribution in [0.3, 0.4) is 0 Å². The summed E-state index contributed by atoms with van der Waals surface area (Å²) in [5, 5.41) is 13.7. The van der Waals surface area contributed by atoms with E-state index in [1.807, 2.05) is 0 Å². The Labute approximate surface area is 110 Å². The zero-order chi connectivity index (χ0) is 11.3. The summed E-state index contributed by atoms with van der Waals surface area (Å²) in [6.07, 6.45) is 2.09. The molecule has 1 nitrogen and oxygen atoms in total. The molecule has 0 aliphatic heterocycles. The first kappa shape index (κ1) is 13.0. The van der Waals surface area contributed by atoms with Crippen LogP contribution >= 0.6 is 33.9 Å². The van der Waals surface area contributed by atoms with Gasteiger partial charge in [0.1, 0.15) is 0 Å². The lowest BCUT2D eigenvalue weighted by Gasteiger charge is -2.30. The molecular formula is C12H16INS. The van der Waals surface area contributed by atoms with Crippen LogP contribution in [0.15, 0.2) is 16.8 Å². The van der Waals surface area contributed by atoms with Crippen molar-refractivity contribution in [1.82, 2.24) is 0 Å². The molecule has 3 heteroatoms. The highest BCUT2D eigenvalue weighted by molar-refractivity contribution is 14.1. The molecule has 1 heterocycles. The molecule has 0 saturated heterocycles. The van der Waals surface area contributed by atoms with Gasteiger partial charge in [0.15, 0.2) is 0 Å². The standard InChI is InChI=1S/C12H16INS/c1-10(2)12(9-14,5-3-6-13)11-4-7-15-8-11/h4,7-8,10H,3,5-6H2,1-2H3. The van der Waals surface area contributed by atoms with Gasteiger partial charge in [0, 0.05) is 0 Å². The van der Waals surface area contributed by atoms with Crippen LogP contribution in [0.1, 0.15) is 32.3 Å². The monoisotopic (exact) mass is 333 g/mol. The zero-order valence-corrected chi connectivity index (χ0v) is 12.1. The van der Waals surface area contributed by atoms with E-state index in [1.54, 1.807) is 11.3 Å². The Kier molecular flexibility index (Phi) is 5.07. The van der Waals surface area contributed by atoms with Crippen molar-refractivity contribution < 1.29 is 0 Å². The summed E-state index contributed by atoms with van der Waals surface area (Å²) in [7, 11) is 0. The van der Waals surface area contributed by atoms with Crippen LogP contribution in [-0.2, 0) is 5.41 Å². The summed E-state index contributed by atoms with van der Waals surface area (Å²) < 4.78 is 1.12. The fourth-order valence-corrected chi connectivity index (χ4v) is 3.00. The van der Waals surface area contributed by atoms with Gasteiger partial charge in [-0.05, 0) is 45.6 Å². The van der Waals surface area contributed by atoms with Crippen LogP contribution < -0.4 is 0 Å². The maximum atomic E-state index is 9.50. The summed E-state index contributed by atoms with van der Waals surface area (Å²) in [6, 6.07) is 4.65. The average Bonchev–Trinajstić information content (AvgIpc) is 2.73. The van der Waals surface area contributed by atoms with Gasteiger partial charge in [0.2, 0.25) is 0 Å². The van der Waals surface area contributed by atoms with Gasteiger partial charge < -0.3 is 0 Å². The van der Waals surface area contributed by atoms with Crippen molar-refractivity contribution in [2.24, 2.45) is 5.92 Å². The van der Waals surface area contributed by atoms with Crippen molar-refractivity contribution in [3.63, 3.8) is 0 Å². The topological polar surface area (TPSA) is 23.8 Å². The quantitative estimate of drug-likeness (QED) is 0.579. The highest BCUT2D eigenvalue weighted by Crippen LogP contribution is 2.37. The van der Waals surface area contributed by atoms with Gasteiger partial charge in [-0.15, -0.1) is 0 Å². The molecule has 0 aromatic carbocycles. The van der Waals surface area contributed by atoms with Gasteiger partial charge in [-0.25, -0.2) is 0 Å². The predicted octanol–water partition coefficient (Wildman–Crippen LogP) is 4.38. The Morgan fingerprint density at radius 1 is 1.60 bits per heavy atom. The van der Waals surface area contributed by atoms with E-state index >= 15 is 0 Å². The molecule has 0 N–H and O–H groups in total. The van der Waals surface area contributed by atoms with E-state index in [1.165, 1.54) is 5.56 Å². The van der Waals surface area contributed by atoms with Gasteiger partial charge in [-0.1, -0.05) is 36.4 Å². The second kappa shape index (κ2) is 5.86. The number of nitriles is 1. The number of thiophene rings is 1.